The zero-order chi connectivity index (χ0) is 13.7. The molecule has 0 heterocycles. The van der Waals surface area contributed by atoms with Crippen LogP contribution >= 0.6 is 23.2 Å². The van der Waals surface area contributed by atoms with Gasteiger partial charge in [0.2, 0.25) is 0 Å². The van der Waals surface area contributed by atoms with Crippen molar-refractivity contribution in [1.29, 1.82) is 0 Å². The molecule has 0 aliphatic heterocycles. The second-order valence-corrected chi connectivity index (χ2v) is 5.16. The standard InChI is InChI=1S/C15H15Cl2NO/c16-14-4-5-15(17)13(7-14)9-18-8-11-2-1-3-12(6-11)10-19/h1-7,18-19H,8-10H2. The molecule has 0 amide bonds. The van der Waals surface area contributed by atoms with Gasteiger partial charge in [0.15, 0.2) is 0 Å². The maximum atomic E-state index is 9.08. The van der Waals surface area contributed by atoms with Gasteiger partial charge in [-0.15, -0.1) is 0 Å². The summed E-state index contributed by atoms with van der Waals surface area (Å²) >= 11 is 12.0. The molecule has 2 rings (SSSR count). The monoisotopic (exact) mass is 295 g/mol. The number of aliphatic hydroxyl groups excluding tert-OH is 1. The predicted molar refractivity (Wildman–Crippen MR) is 79.4 cm³/mol. The Labute approximate surface area is 123 Å². The normalized spacial score (nSPS) is 10.7. The number of hydrogen-bond acceptors (Lipinski definition) is 2. The van der Waals surface area contributed by atoms with E-state index in [0.29, 0.717) is 16.6 Å². The van der Waals surface area contributed by atoms with Crippen LogP contribution in [-0.4, -0.2) is 5.11 Å². The smallest absolute Gasteiger partial charge is 0.0681 e. The summed E-state index contributed by atoms with van der Waals surface area (Å²) in [6.07, 6.45) is 0. The molecule has 4 heteroatoms. The van der Waals surface area contributed by atoms with Crippen LogP contribution in [0.1, 0.15) is 16.7 Å². The summed E-state index contributed by atoms with van der Waals surface area (Å²) in [5, 5.41) is 13.8. The summed E-state index contributed by atoms with van der Waals surface area (Å²) in [7, 11) is 0. The molecule has 0 bridgehead atoms. The number of hydrogen-bond donors (Lipinski definition) is 2. The maximum Gasteiger partial charge on any atom is 0.0681 e. The molecule has 100 valence electrons. The summed E-state index contributed by atoms with van der Waals surface area (Å²) < 4.78 is 0. The van der Waals surface area contributed by atoms with E-state index in [-0.39, 0.29) is 6.61 Å². The molecule has 0 fully saturated rings. The summed E-state index contributed by atoms with van der Waals surface area (Å²) in [5.41, 5.74) is 3.03. The first-order valence-electron chi connectivity index (χ1n) is 6.02. The molecular formula is C15H15Cl2NO. The van der Waals surface area contributed by atoms with Crippen LogP contribution < -0.4 is 5.32 Å². The van der Waals surface area contributed by atoms with Crippen LogP contribution in [0.2, 0.25) is 10.0 Å². The predicted octanol–water partition coefficient (Wildman–Crippen LogP) is 3.78. The van der Waals surface area contributed by atoms with Gasteiger partial charge in [-0.05, 0) is 34.9 Å². The largest absolute Gasteiger partial charge is 0.392 e. The summed E-state index contributed by atoms with van der Waals surface area (Å²) in [5.74, 6) is 0. The average Bonchev–Trinajstić information content (AvgIpc) is 2.43. The average molecular weight is 296 g/mol. The van der Waals surface area contributed by atoms with Gasteiger partial charge in [-0.1, -0.05) is 47.5 Å². The van der Waals surface area contributed by atoms with E-state index in [9.17, 15) is 0 Å². The molecule has 0 saturated carbocycles. The van der Waals surface area contributed by atoms with Crippen LogP contribution in [-0.2, 0) is 19.7 Å². The third-order valence-corrected chi connectivity index (χ3v) is 3.43. The van der Waals surface area contributed by atoms with Gasteiger partial charge in [-0.2, -0.15) is 0 Å². The molecule has 0 aromatic heterocycles. The lowest BCUT2D eigenvalue weighted by Crippen LogP contribution is -2.13. The molecule has 0 atom stereocenters. The molecule has 0 unspecified atom stereocenters. The van der Waals surface area contributed by atoms with E-state index in [0.717, 1.165) is 23.2 Å². The highest BCUT2D eigenvalue weighted by molar-refractivity contribution is 6.33. The van der Waals surface area contributed by atoms with Crippen molar-refractivity contribution >= 4 is 23.2 Å². The fourth-order valence-electron chi connectivity index (χ4n) is 1.86. The van der Waals surface area contributed by atoms with E-state index < -0.39 is 0 Å². The lowest BCUT2D eigenvalue weighted by molar-refractivity contribution is 0.281. The van der Waals surface area contributed by atoms with Crippen LogP contribution in [0.25, 0.3) is 0 Å². The van der Waals surface area contributed by atoms with E-state index in [1.807, 2.05) is 30.3 Å². The molecule has 0 aliphatic carbocycles. The summed E-state index contributed by atoms with van der Waals surface area (Å²) in [6.45, 7) is 1.44. The first-order valence-corrected chi connectivity index (χ1v) is 6.78. The minimum atomic E-state index is 0.0635. The fraction of sp³-hybridized carbons (Fsp3) is 0.200. The van der Waals surface area contributed by atoms with Gasteiger partial charge in [0.05, 0.1) is 6.61 Å². The van der Waals surface area contributed by atoms with Crippen LogP contribution in [0.4, 0.5) is 0 Å². The highest BCUT2D eigenvalue weighted by Gasteiger charge is 2.01. The van der Waals surface area contributed by atoms with E-state index in [1.54, 1.807) is 12.1 Å². The number of benzene rings is 2. The van der Waals surface area contributed by atoms with E-state index in [1.165, 1.54) is 0 Å². The Morgan fingerprint density at radius 2 is 1.74 bits per heavy atom. The first-order chi connectivity index (χ1) is 9.19. The molecule has 2 nitrogen and oxygen atoms in total. The highest BCUT2D eigenvalue weighted by Crippen LogP contribution is 2.20. The summed E-state index contributed by atoms with van der Waals surface area (Å²) in [4.78, 5) is 0. The zero-order valence-electron chi connectivity index (χ0n) is 10.4. The van der Waals surface area contributed by atoms with Crippen molar-refractivity contribution in [3.05, 3.63) is 69.2 Å². The number of halogens is 2. The second kappa shape index (κ2) is 6.92. The Balaban J connectivity index is 1.94. The van der Waals surface area contributed by atoms with Crippen molar-refractivity contribution in [2.45, 2.75) is 19.7 Å². The van der Waals surface area contributed by atoms with Gasteiger partial charge in [0.25, 0.3) is 0 Å². The number of aliphatic hydroxyl groups is 1. The van der Waals surface area contributed by atoms with E-state index >= 15 is 0 Å². The third-order valence-electron chi connectivity index (χ3n) is 2.83. The van der Waals surface area contributed by atoms with Crippen molar-refractivity contribution in [3.8, 4) is 0 Å². The third kappa shape index (κ3) is 4.22. The van der Waals surface area contributed by atoms with E-state index in [2.05, 4.69) is 5.32 Å². The highest BCUT2D eigenvalue weighted by atomic mass is 35.5. The number of rotatable bonds is 5. The van der Waals surface area contributed by atoms with Gasteiger partial charge >= 0.3 is 0 Å². The first kappa shape index (κ1) is 14.4. The van der Waals surface area contributed by atoms with Crippen LogP contribution in [0.15, 0.2) is 42.5 Å². The topological polar surface area (TPSA) is 32.3 Å². The molecule has 0 aliphatic rings. The van der Waals surface area contributed by atoms with Crippen molar-refractivity contribution in [1.82, 2.24) is 5.32 Å². The molecule has 2 aromatic rings. The van der Waals surface area contributed by atoms with Crippen molar-refractivity contribution in [3.63, 3.8) is 0 Å². The molecule has 2 N–H and O–H groups in total. The van der Waals surface area contributed by atoms with Crippen LogP contribution in [0, 0.1) is 0 Å². The Hall–Kier alpha value is -1.06. The second-order valence-electron chi connectivity index (χ2n) is 4.32. The Bertz CT molecular complexity index is 558. The van der Waals surface area contributed by atoms with Gasteiger partial charge < -0.3 is 10.4 Å². The van der Waals surface area contributed by atoms with Crippen molar-refractivity contribution < 1.29 is 5.11 Å². The zero-order valence-corrected chi connectivity index (χ0v) is 11.9. The quantitative estimate of drug-likeness (QED) is 0.880. The molecule has 0 saturated heterocycles. The van der Waals surface area contributed by atoms with Gasteiger partial charge in [-0.25, -0.2) is 0 Å². The van der Waals surface area contributed by atoms with Crippen LogP contribution in [0.5, 0.6) is 0 Å². The van der Waals surface area contributed by atoms with Gasteiger partial charge in [-0.3, -0.25) is 0 Å². The molecular weight excluding hydrogens is 281 g/mol. The van der Waals surface area contributed by atoms with E-state index in [4.69, 9.17) is 28.3 Å². The Morgan fingerprint density at radius 3 is 2.53 bits per heavy atom. The minimum absolute atomic E-state index is 0.0635. The molecule has 0 spiro atoms. The summed E-state index contributed by atoms with van der Waals surface area (Å²) in [6, 6.07) is 13.3. The van der Waals surface area contributed by atoms with Crippen molar-refractivity contribution in [2.24, 2.45) is 0 Å². The van der Waals surface area contributed by atoms with Crippen LogP contribution in [0.3, 0.4) is 0 Å². The van der Waals surface area contributed by atoms with Gasteiger partial charge in [0, 0.05) is 23.1 Å². The molecule has 19 heavy (non-hydrogen) atoms. The lowest BCUT2D eigenvalue weighted by Gasteiger charge is -2.08. The van der Waals surface area contributed by atoms with Crippen molar-refractivity contribution in [2.75, 3.05) is 0 Å². The minimum Gasteiger partial charge on any atom is -0.392 e. The van der Waals surface area contributed by atoms with Gasteiger partial charge in [0.1, 0.15) is 0 Å². The Kier molecular flexibility index (Phi) is 5.23. The lowest BCUT2D eigenvalue weighted by atomic mass is 10.1. The molecule has 2 aromatic carbocycles. The SMILES string of the molecule is OCc1cccc(CNCc2cc(Cl)ccc2Cl)c1. The molecule has 0 radical (unpaired) electrons. The maximum absolute atomic E-state index is 9.08. The number of nitrogens with one attached hydrogen (secondary N) is 1. The Morgan fingerprint density at radius 1 is 0.947 bits per heavy atom. The fourth-order valence-corrected chi connectivity index (χ4v) is 2.24.